The Balaban J connectivity index is 1.53. The smallest absolute Gasteiger partial charge is 0.270 e. The molecule has 1 saturated heterocycles. The van der Waals surface area contributed by atoms with Gasteiger partial charge in [0.25, 0.3) is 5.91 Å². The number of hydrogen-bond acceptors (Lipinski definition) is 5. The van der Waals surface area contributed by atoms with Crippen LogP contribution in [0.4, 0.5) is 0 Å². The molecule has 1 aliphatic heterocycles. The van der Waals surface area contributed by atoms with Crippen LogP contribution in [0.1, 0.15) is 23.3 Å². The Hall–Kier alpha value is -1.95. The summed E-state index contributed by atoms with van der Waals surface area (Å²) in [4.78, 5) is 20.3. The SMILES string of the molecule is O=C(N[C@H]1C[C@H]2C[C@@H]1CN2)c1cc2ncoc2cn1. The molecule has 98 valence electrons. The fourth-order valence-electron chi connectivity index (χ4n) is 3.14. The lowest BCUT2D eigenvalue weighted by molar-refractivity contribution is 0.0920. The number of hydrogen-bond donors (Lipinski definition) is 2. The van der Waals surface area contributed by atoms with Crippen molar-refractivity contribution in [3.63, 3.8) is 0 Å². The fourth-order valence-corrected chi connectivity index (χ4v) is 3.14. The summed E-state index contributed by atoms with van der Waals surface area (Å²) in [6.07, 6.45) is 5.08. The molecule has 0 spiro atoms. The Labute approximate surface area is 109 Å². The van der Waals surface area contributed by atoms with E-state index in [9.17, 15) is 4.79 Å². The summed E-state index contributed by atoms with van der Waals surface area (Å²) in [5.41, 5.74) is 1.66. The Bertz CT molecular complexity index is 638. The van der Waals surface area contributed by atoms with E-state index >= 15 is 0 Å². The van der Waals surface area contributed by atoms with E-state index < -0.39 is 0 Å². The van der Waals surface area contributed by atoms with Crippen LogP contribution in [0.3, 0.4) is 0 Å². The number of fused-ring (bicyclic) bond motifs is 3. The molecule has 1 saturated carbocycles. The van der Waals surface area contributed by atoms with Crippen LogP contribution >= 0.6 is 0 Å². The van der Waals surface area contributed by atoms with E-state index in [1.807, 2.05) is 0 Å². The normalized spacial score (nSPS) is 28.9. The standard InChI is InChI=1S/C13H14N4O2/c18-13(17-9-2-8-1-7(9)4-14-8)11-3-10-12(5-15-11)19-6-16-10/h3,5-9,14H,1-2,4H2,(H,17,18)/t7-,8-,9+/m1/s1. The molecule has 6 heteroatoms. The van der Waals surface area contributed by atoms with Gasteiger partial charge < -0.3 is 15.1 Å². The zero-order valence-corrected chi connectivity index (χ0v) is 10.3. The summed E-state index contributed by atoms with van der Waals surface area (Å²) in [6.45, 7) is 1.01. The minimum absolute atomic E-state index is 0.123. The number of aromatic nitrogens is 2. The number of amides is 1. The molecule has 2 aliphatic rings. The van der Waals surface area contributed by atoms with Gasteiger partial charge in [-0.1, -0.05) is 0 Å². The van der Waals surface area contributed by atoms with Crippen LogP contribution < -0.4 is 10.6 Å². The molecule has 2 N–H and O–H groups in total. The summed E-state index contributed by atoms with van der Waals surface area (Å²) in [5, 5.41) is 6.51. The molecule has 3 heterocycles. The van der Waals surface area contributed by atoms with E-state index in [1.165, 1.54) is 12.8 Å². The highest BCUT2D eigenvalue weighted by Gasteiger charge is 2.40. The van der Waals surface area contributed by atoms with E-state index in [4.69, 9.17) is 4.42 Å². The molecule has 0 radical (unpaired) electrons. The van der Waals surface area contributed by atoms with Gasteiger partial charge in [0, 0.05) is 18.6 Å². The lowest BCUT2D eigenvalue weighted by Gasteiger charge is -2.23. The minimum atomic E-state index is -0.123. The topological polar surface area (TPSA) is 80.0 Å². The molecular formula is C13H14N4O2. The fraction of sp³-hybridized carbons (Fsp3) is 0.462. The zero-order chi connectivity index (χ0) is 12.8. The molecule has 19 heavy (non-hydrogen) atoms. The van der Waals surface area contributed by atoms with E-state index in [1.54, 1.807) is 12.3 Å². The summed E-state index contributed by atoms with van der Waals surface area (Å²) in [5.74, 6) is 0.437. The van der Waals surface area contributed by atoms with Gasteiger partial charge in [0.1, 0.15) is 11.2 Å². The second-order valence-electron chi connectivity index (χ2n) is 5.31. The molecule has 6 nitrogen and oxygen atoms in total. The summed E-state index contributed by atoms with van der Waals surface area (Å²) in [6, 6.07) is 2.51. The van der Waals surface area contributed by atoms with Crippen molar-refractivity contribution in [2.24, 2.45) is 5.92 Å². The lowest BCUT2D eigenvalue weighted by Crippen LogP contribution is -2.44. The average molecular weight is 258 g/mol. The van der Waals surface area contributed by atoms with Crippen molar-refractivity contribution >= 4 is 17.0 Å². The number of rotatable bonds is 2. The average Bonchev–Trinajstić information content (AvgIpc) is 3.13. The van der Waals surface area contributed by atoms with Gasteiger partial charge in [-0.15, -0.1) is 0 Å². The van der Waals surface area contributed by atoms with Gasteiger partial charge in [0.2, 0.25) is 0 Å². The number of carbonyl (C=O) groups excluding carboxylic acids is 1. The second-order valence-corrected chi connectivity index (χ2v) is 5.31. The van der Waals surface area contributed by atoms with Crippen LogP contribution in [0.5, 0.6) is 0 Å². The molecule has 3 atom stereocenters. The summed E-state index contributed by atoms with van der Waals surface area (Å²) in [7, 11) is 0. The largest absolute Gasteiger partial charge is 0.442 e. The summed E-state index contributed by atoms with van der Waals surface area (Å²) >= 11 is 0. The minimum Gasteiger partial charge on any atom is -0.442 e. The predicted molar refractivity (Wildman–Crippen MR) is 67.6 cm³/mol. The van der Waals surface area contributed by atoms with Crippen LogP contribution in [-0.4, -0.2) is 34.5 Å². The number of piperidine rings is 1. The van der Waals surface area contributed by atoms with E-state index in [2.05, 4.69) is 20.6 Å². The van der Waals surface area contributed by atoms with Crippen molar-refractivity contribution in [1.82, 2.24) is 20.6 Å². The van der Waals surface area contributed by atoms with Crippen LogP contribution in [0, 0.1) is 5.92 Å². The lowest BCUT2D eigenvalue weighted by atomic mass is 10.0. The highest BCUT2D eigenvalue weighted by Crippen LogP contribution is 2.31. The van der Waals surface area contributed by atoms with Gasteiger partial charge in [-0.25, -0.2) is 9.97 Å². The Morgan fingerprint density at radius 1 is 1.42 bits per heavy atom. The molecule has 4 rings (SSSR count). The van der Waals surface area contributed by atoms with Crippen molar-refractivity contribution in [1.29, 1.82) is 0 Å². The number of nitrogens with one attached hydrogen (secondary N) is 2. The molecule has 0 unspecified atom stereocenters. The van der Waals surface area contributed by atoms with Crippen LogP contribution in [0.25, 0.3) is 11.1 Å². The Morgan fingerprint density at radius 2 is 2.37 bits per heavy atom. The molecule has 0 aromatic carbocycles. The van der Waals surface area contributed by atoms with Crippen molar-refractivity contribution in [2.75, 3.05) is 6.54 Å². The Kier molecular flexibility index (Phi) is 2.32. The molecule has 1 amide bonds. The van der Waals surface area contributed by atoms with Gasteiger partial charge >= 0.3 is 0 Å². The molecule has 1 aliphatic carbocycles. The monoisotopic (exact) mass is 258 g/mol. The highest BCUT2D eigenvalue weighted by molar-refractivity contribution is 5.95. The van der Waals surface area contributed by atoms with Crippen molar-refractivity contribution < 1.29 is 9.21 Å². The van der Waals surface area contributed by atoms with Crippen molar-refractivity contribution in [3.8, 4) is 0 Å². The highest BCUT2D eigenvalue weighted by atomic mass is 16.3. The Morgan fingerprint density at radius 3 is 3.16 bits per heavy atom. The molecule has 2 fully saturated rings. The van der Waals surface area contributed by atoms with E-state index in [0.717, 1.165) is 13.0 Å². The first kappa shape index (κ1) is 10.9. The first-order chi connectivity index (χ1) is 9.29. The van der Waals surface area contributed by atoms with Crippen LogP contribution in [-0.2, 0) is 0 Å². The third-order valence-electron chi connectivity index (χ3n) is 4.13. The predicted octanol–water partition coefficient (Wildman–Crippen LogP) is 0.703. The third kappa shape index (κ3) is 1.79. The number of pyridine rings is 1. The summed E-state index contributed by atoms with van der Waals surface area (Å²) < 4.78 is 5.11. The van der Waals surface area contributed by atoms with Crippen molar-refractivity contribution in [2.45, 2.75) is 24.9 Å². The molecule has 2 bridgehead atoms. The van der Waals surface area contributed by atoms with E-state index in [0.29, 0.717) is 28.8 Å². The quantitative estimate of drug-likeness (QED) is 0.829. The maximum Gasteiger partial charge on any atom is 0.270 e. The first-order valence-corrected chi connectivity index (χ1v) is 6.53. The van der Waals surface area contributed by atoms with Crippen LogP contribution in [0.15, 0.2) is 23.1 Å². The third-order valence-corrected chi connectivity index (χ3v) is 4.13. The maximum absolute atomic E-state index is 12.2. The number of nitrogens with zero attached hydrogens (tertiary/aromatic N) is 2. The van der Waals surface area contributed by atoms with Gasteiger partial charge in [-0.2, -0.15) is 0 Å². The van der Waals surface area contributed by atoms with Gasteiger partial charge in [0.05, 0.1) is 6.20 Å². The molecule has 2 aromatic rings. The molecule has 2 aromatic heterocycles. The second kappa shape index (κ2) is 4.03. The van der Waals surface area contributed by atoms with Gasteiger partial charge in [0.15, 0.2) is 12.0 Å². The molecular weight excluding hydrogens is 244 g/mol. The number of oxazole rings is 1. The van der Waals surface area contributed by atoms with Gasteiger partial charge in [-0.05, 0) is 24.8 Å². The van der Waals surface area contributed by atoms with Gasteiger partial charge in [-0.3, -0.25) is 4.79 Å². The number of carbonyl (C=O) groups is 1. The van der Waals surface area contributed by atoms with Crippen molar-refractivity contribution in [3.05, 3.63) is 24.4 Å². The maximum atomic E-state index is 12.2. The van der Waals surface area contributed by atoms with Crippen LogP contribution in [0.2, 0.25) is 0 Å². The zero-order valence-electron chi connectivity index (χ0n) is 10.3. The first-order valence-electron chi connectivity index (χ1n) is 6.53. The van der Waals surface area contributed by atoms with E-state index in [-0.39, 0.29) is 11.9 Å².